The Morgan fingerprint density at radius 3 is 2.88 bits per heavy atom. The molecule has 0 aromatic carbocycles. The SMILES string of the molecule is CCCC=CC1C(=O)C=CC1(C)OC(C)=O. The Morgan fingerprint density at radius 1 is 1.62 bits per heavy atom. The molecule has 0 spiro atoms. The summed E-state index contributed by atoms with van der Waals surface area (Å²) in [7, 11) is 0. The van der Waals surface area contributed by atoms with Gasteiger partial charge in [0.05, 0.1) is 5.92 Å². The molecule has 0 heterocycles. The molecule has 1 rings (SSSR count). The lowest BCUT2D eigenvalue weighted by molar-refractivity contribution is -0.154. The highest BCUT2D eigenvalue weighted by Crippen LogP contribution is 2.31. The van der Waals surface area contributed by atoms with Gasteiger partial charge in [0.15, 0.2) is 5.78 Å². The molecule has 88 valence electrons. The second-order valence-corrected chi connectivity index (χ2v) is 4.21. The van der Waals surface area contributed by atoms with Crippen LogP contribution in [0, 0.1) is 5.92 Å². The lowest BCUT2D eigenvalue weighted by atomic mass is 9.91. The van der Waals surface area contributed by atoms with Crippen LogP contribution < -0.4 is 0 Å². The van der Waals surface area contributed by atoms with E-state index in [-0.39, 0.29) is 17.7 Å². The van der Waals surface area contributed by atoms with E-state index in [4.69, 9.17) is 4.74 Å². The van der Waals surface area contributed by atoms with Crippen LogP contribution in [0.2, 0.25) is 0 Å². The van der Waals surface area contributed by atoms with Crippen LogP contribution in [0.25, 0.3) is 0 Å². The van der Waals surface area contributed by atoms with Crippen LogP contribution >= 0.6 is 0 Å². The summed E-state index contributed by atoms with van der Waals surface area (Å²) >= 11 is 0. The quantitative estimate of drug-likeness (QED) is 0.542. The van der Waals surface area contributed by atoms with Gasteiger partial charge in [0.25, 0.3) is 0 Å². The van der Waals surface area contributed by atoms with Crippen LogP contribution in [0.3, 0.4) is 0 Å². The second kappa shape index (κ2) is 5.10. The van der Waals surface area contributed by atoms with Gasteiger partial charge in [-0.15, -0.1) is 0 Å². The van der Waals surface area contributed by atoms with E-state index in [0.717, 1.165) is 12.8 Å². The van der Waals surface area contributed by atoms with E-state index >= 15 is 0 Å². The zero-order valence-electron chi connectivity index (χ0n) is 10.0. The topological polar surface area (TPSA) is 43.4 Å². The molecule has 0 aromatic heterocycles. The van der Waals surface area contributed by atoms with Crippen molar-refractivity contribution in [2.24, 2.45) is 5.92 Å². The summed E-state index contributed by atoms with van der Waals surface area (Å²) < 4.78 is 5.21. The van der Waals surface area contributed by atoms with Crippen molar-refractivity contribution in [3.8, 4) is 0 Å². The standard InChI is InChI=1S/C13H18O3/c1-4-5-6-7-11-12(15)8-9-13(11,3)16-10(2)14/h6-9,11H,4-5H2,1-3H3. The van der Waals surface area contributed by atoms with Gasteiger partial charge in [-0.05, 0) is 25.5 Å². The van der Waals surface area contributed by atoms with Gasteiger partial charge in [-0.2, -0.15) is 0 Å². The predicted molar refractivity (Wildman–Crippen MR) is 61.9 cm³/mol. The van der Waals surface area contributed by atoms with Gasteiger partial charge in [-0.3, -0.25) is 9.59 Å². The third-order valence-electron chi connectivity index (χ3n) is 2.65. The van der Waals surface area contributed by atoms with Crippen LogP contribution in [-0.4, -0.2) is 17.4 Å². The van der Waals surface area contributed by atoms with Gasteiger partial charge in [-0.1, -0.05) is 25.5 Å². The number of hydrogen-bond acceptors (Lipinski definition) is 3. The van der Waals surface area contributed by atoms with Crippen LogP contribution in [-0.2, 0) is 14.3 Å². The molecule has 0 saturated heterocycles. The van der Waals surface area contributed by atoms with Crippen molar-refractivity contribution < 1.29 is 14.3 Å². The Balaban J connectivity index is 2.79. The van der Waals surface area contributed by atoms with Crippen molar-refractivity contribution in [2.45, 2.75) is 39.2 Å². The maximum Gasteiger partial charge on any atom is 0.303 e. The molecular weight excluding hydrogens is 204 g/mol. The Bertz CT molecular complexity index is 341. The summed E-state index contributed by atoms with van der Waals surface area (Å²) in [5.41, 5.74) is -0.812. The Hall–Kier alpha value is -1.38. The van der Waals surface area contributed by atoms with E-state index in [1.54, 1.807) is 13.0 Å². The first kappa shape index (κ1) is 12.7. The smallest absolute Gasteiger partial charge is 0.303 e. The first-order chi connectivity index (χ1) is 7.49. The van der Waals surface area contributed by atoms with Gasteiger partial charge < -0.3 is 4.74 Å². The van der Waals surface area contributed by atoms with Crippen LogP contribution in [0.15, 0.2) is 24.3 Å². The largest absolute Gasteiger partial charge is 0.454 e. The van der Waals surface area contributed by atoms with E-state index in [1.165, 1.54) is 13.0 Å². The molecule has 1 aliphatic carbocycles. The molecule has 3 heteroatoms. The molecule has 0 aliphatic heterocycles. The summed E-state index contributed by atoms with van der Waals surface area (Å²) in [4.78, 5) is 22.6. The van der Waals surface area contributed by atoms with Crippen molar-refractivity contribution in [3.63, 3.8) is 0 Å². The monoisotopic (exact) mass is 222 g/mol. The minimum absolute atomic E-state index is 0.00361. The number of allylic oxidation sites excluding steroid dienone is 2. The predicted octanol–water partition coefficient (Wildman–Crippen LogP) is 2.42. The van der Waals surface area contributed by atoms with Gasteiger partial charge in [0.1, 0.15) is 5.60 Å². The Kier molecular flexibility index (Phi) is 4.05. The molecule has 0 saturated carbocycles. The van der Waals surface area contributed by atoms with E-state index in [9.17, 15) is 9.59 Å². The molecular formula is C13H18O3. The van der Waals surface area contributed by atoms with Crippen LogP contribution in [0.5, 0.6) is 0 Å². The zero-order valence-corrected chi connectivity index (χ0v) is 10.0. The first-order valence-electron chi connectivity index (χ1n) is 5.59. The molecule has 0 fully saturated rings. The van der Waals surface area contributed by atoms with Gasteiger partial charge >= 0.3 is 5.97 Å². The molecule has 0 radical (unpaired) electrons. The molecule has 1 aliphatic rings. The highest BCUT2D eigenvalue weighted by Gasteiger charge is 2.41. The highest BCUT2D eigenvalue weighted by atomic mass is 16.6. The molecule has 0 N–H and O–H groups in total. The van der Waals surface area contributed by atoms with E-state index in [1.807, 2.05) is 12.2 Å². The number of carbonyl (C=O) groups is 2. The number of carbonyl (C=O) groups excluding carboxylic acids is 2. The van der Waals surface area contributed by atoms with Crippen molar-refractivity contribution in [1.82, 2.24) is 0 Å². The molecule has 0 amide bonds. The normalized spacial score (nSPS) is 28.9. The molecule has 2 atom stereocenters. The molecule has 2 unspecified atom stereocenters. The third kappa shape index (κ3) is 2.81. The number of esters is 1. The van der Waals surface area contributed by atoms with Crippen molar-refractivity contribution in [1.29, 1.82) is 0 Å². The van der Waals surface area contributed by atoms with Gasteiger partial charge in [-0.25, -0.2) is 0 Å². The number of ketones is 1. The van der Waals surface area contributed by atoms with E-state index in [2.05, 4.69) is 6.92 Å². The minimum atomic E-state index is -0.812. The van der Waals surface area contributed by atoms with Gasteiger partial charge in [0, 0.05) is 6.92 Å². The summed E-state index contributed by atoms with van der Waals surface area (Å²) in [6.07, 6.45) is 8.93. The molecule has 0 aromatic rings. The fourth-order valence-corrected chi connectivity index (χ4v) is 1.83. The van der Waals surface area contributed by atoms with Crippen LogP contribution in [0.4, 0.5) is 0 Å². The van der Waals surface area contributed by atoms with Crippen molar-refractivity contribution in [3.05, 3.63) is 24.3 Å². The number of ether oxygens (including phenoxy) is 1. The Morgan fingerprint density at radius 2 is 2.31 bits per heavy atom. The molecule has 3 nitrogen and oxygen atoms in total. The first-order valence-corrected chi connectivity index (χ1v) is 5.59. The summed E-state index contributed by atoms with van der Waals surface area (Å²) in [6.45, 7) is 5.19. The summed E-state index contributed by atoms with van der Waals surface area (Å²) in [5.74, 6) is -0.741. The number of rotatable bonds is 4. The summed E-state index contributed by atoms with van der Waals surface area (Å²) in [5, 5.41) is 0. The fraction of sp³-hybridized carbons (Fsp3) is 0.538. The third-order valence-corrected chi connectivity index (χ3v) is 2.65. The zero-order chi connectivity index (χ0) is 12.2. The fourth-order valence-electron chi connectivity index (χ4n) is 1.83. The number of hydrogen-bond donors (Lipinski definition) is 0. The van der Waals surface area contributed by atoms with E-state index in [0.29, 0.717) is 0 Å². The minimum Gasteiger partial charge on any atom is -0.454 e. The van der Waals surface area contributed by atoms with Gasteiger partial charge in [0.2, 0.25) is 0 Å². The van der Waals surface area contributed by atoms with Crippen molar-refractivity contribution in [2.75, 3.05) is 0 Å². The average molecular weight is 222 g/mol. The van der Waals surface area contributed by atoms with Crippen molar-refractivity contribution >= 4 is 11.8 Å². The van der Waals surface area contributed by atoms with Crippen LogP contribution in [0.1, 0.15) is 33.6 Å². The lowest BCUT2D eigenvalue weighted by Gasteiger charge is -2.27. The highest BCUT2D eigenvalue weighted by molar-refractivity contribution is 5.97. The molecule has 0 bridgehead atoms. The number of unbranched alkanes of at least 4 members (excludes halogenated alkanes) is 1. The lowest BCUT2D eigenvalue weighted by Crippen LogP contribution is -2.36. The maximum absolute atomic E-state index is 11.6. The van der Waals surface area contributed by atoms with E-state index < -0.39 is 5.60 Å². The average Bonchev–Trinajstić information content (AvgIpc) is 2.44. The molecule has 16 heavy (non-hydrogen) atoms. The maximum atomic E-state index is 11.6. The Labute approximate surface area is 96.2 Å². The summed E-state index contributed by atoms with van der Waals surface area (Å²) in [6, 6.07) is 0. The second-order valence-electron chi connectivity index (χ2n) is 4.21.